The van der Waals surface area contributed by atoms with Crippen molar-refractivity contribution in [1.29, 1.82) is 0 Å². The molecule has 4 heteroatoms. The van der Waals surface area contributed by atoms with Crippen LogP contribution in [0, 0.1) is 0 Å². The quantitative estimate of drug-likeness (QED) is 0.692. The number of phenols is 2. The van der Waals surface area contributed by atoms with Crippen molar-refractivity contribution in [2.45, 2.75) is 44.8 Å². The molecule has 0 saturated heterocycles. The third-order valence-corrected chi connectivity index (χ3v) is 3.69. The van der Waals surface area contributed by atoms with E-state index in [0.717, 1.165) is 12.1 Å². The molecular formula is C15H23NO3. The van der Waals surface area contributed by atoms with Gasteiger partial charge >= 0.3 is 0 Å². The fraction of sp³-hybridized carbons (Fsp3) is 0.600. The van der Waals surface area contributed by atoms with Gasteiger partial charge < -0.3 is 20.3 Å². The molecule has 106 valence electrons. The Morgan fingerprint density at radius 2 is 2.05 bits per heavy atom. The predicted molar refractivity (Wildman–Crippen MR) is 74.4 cm³/mol. The molecule has 0 radical (unpaired) electrons. The van der Waals surface area contributed by atoms with Gasteiger partial charge in [-0.2, -0.15) is 0 Å². The Kier molecular flexibility index (Phi) is 5.05. The second kappa shape index (κ2) is 6.78. The average molecular weight is 265 g/mol. The molecule has 1 unspecified atom stereocenters. The van der Waals surface area contributed by atoms with Crippen LogP contribution in [-0.2, 0) is 4.74 Å². The van der Waals surface area contributed by atoms with Gasteiger partial charge in [0, 0.05) is 24.2 Å². The van der Waals surface area contributed by atoms with E-state index in [-0.39, 0.29) is 17.5 Å². The van der Waals surface area contributed by atoms with E-state index in [1.54, 1.807) is 12.1 Å². The van der Waals surface area contributed by atoms with Gasteiger partial charge in [0.1, 0.15) is 11.5 Å². The van der Waals surface area contributed by atoms with Crippen molar-refractivity contribution in [3.63, 3.8) is 0 Å². The van der Waals surface area contributed by atoms with Gasteiger partial charge in [-0.3, -0.25) is 0 Å². The number of nitrogens with one attached hydrogen (secondary N) is 1. The molecule has 0 amide bonds. The van der Waals surface area contributed by atoms with Crippen LogP contribution >= 0.6 is 0 Å². The van der Waals surface area contributed by atoms with Crippen LogP contribution < -0.4 is 5.32 Å². The summed E-state index contributed by atoms with van der Waals surface area (Å²) in [6.45, 7) is 3.45. The zero-order chi connectivity index (χ0) is 13.7. The minimum atomic E-state index is 0.0350. The average Bonchev–Trinajstić information content (AvgIpc) is 2.87. The predicted octanol–water partition coefficient (Wildman–Crippen LogP) is 2.71. The summed E-state index contributed by atoms with van der Waals surface area (Å²) in [5, 5.41) is 22.3. The van der Waals surface area contributed by atoms with Crippen LogP contribution in [0.5, 0.6) is 11.5 Å². The summed E-state index contributed by atoms with van der Waals surface area (Å²) >= 11 is 0. The molecule has 1 aliphatic carbocycles. The monoisotopic (exact) mass is 265 g/mol. The van der Waals surface area contributed by atoms with Crippen LogP contribution in [0.4, 0.5) is 0 Å². The molecule has 4 nitrogen and oxygen atoms in total. The van der Waals surface area contributed by atoms with Crippen molar-refractivity contribution < 1.29 is 14.9 Å². The Hall–Kier alpha value is -1.26. The minimum Gasteiger partial charge on any atom is -0.508 e. The Labute approximate surface area is 114 Å². The summed E-state index contributed by atoms with van der Waals surface area (Å²) in [4.78, 5) is 0. The van der Waals surface area contributed by atoms with Crippen LogP contribution in [0.25, 0.3) is 0 Å². The standard InChI is InChI=1S/C15H23NO3/c1-11(14-7-6-12(17)10-15(14)18)16-8-9-19-13-4-2-3-5-13/h6-7,10-11,13,16-18H,2-5,8-9H2,1H3. The summed E-state index contributed by atoms with van der Waals surface area (Å²) in [5.74, 6) is 0.203. The van der Waals surface area contributed by atoms with E-state index in [9.17, 15) is 10.2 Å². The molecule has 1 atom stereocenters. The van der Waals surface area contributed by atoms with Crippen molar-refractivity contribution in [1.82, 2.24) is 5.32 Å². The lowest BCUT2D eigenvalue weighted by molar-refractivity contribution is 0.0593. The first-order chi connectivity index (χ1) is 9.16. The number of ether oxygens (including phenoxy) is 1. The van der Waals surface area contributed by atoms with E-state index in [0.29, 0.717) is 12.7 Å². The van der Waals surface area contributed by atoms with Crippen LogP contribution in [0.3, 0.4) is 0 Å². The van der Waals surface area contributed by atoms with Crippen molar-refractivity contribution in [2.75, 3.05) is 13.2 Å². The molecule has 0 aliphatic heterocycles. The molecule has 3 N–H and O–H groups in total. The summed E-state index contributed by atoms with van der Waals surface area (Å²) in [7, 11) is 0. The van der Waals surface area contributed by atoms with E-state index >= 15 is 0 Å². The molecule has 1 aliphatic rings. The van der Waals surface area contributed by atoms with Crippen molar-refractivity contribution in [3.05, 3.63) is 23.8 Å². The normalized spacial score (nSPS) is 17.7. The van der Waals surface area contributed by atoms with Crippen LogP contribution in [-0.4, -0.2) is 29.5 Å². The highest BCUT2D eigenvalue weighted by Gasteiger charge is 2.15. The van der Waals surface area contributed by atoms with Gasteiger partial charge in [-0.15, -0.1) is 0 Å². The summed E-state index contributed by atoms with van der Waals surface area (Å²) in [6, 6.07) is 4.72. The maximum atomic E-state index is 9.76. The molecule has 0 spiro atoms. The fourth-order valence-electron chi connectivity index (χ4n) is 2.56. The Morgan fingerprint density at radius 1 is 1.32 bits per heavy atom. The molecule has 1 aromatic rings. The first-order valence-corrected chi connectivity index (χ1v) is 7.03. The number of hydrogen-bond acceptors (Lipinski definition) is 4. The van der Waals surface area contributed by atoms with Crippen LogP contribution in [0.15, 0.2) is 18.2 Å². The lowest BCUT2D eigenvalue weighted by Crippen LogP contribution is -2.25. The van der Waals surface area contributed by atoms with Gasteiger partial charge in [0.2, 0.25) is 0 Å². The zero-order valence-corrected chi connectivity index (χ0v) is 11.4. The van der Waals surface area contributed by atoms with Crippen LogP contribution in [0.2, 0.25) is 0 Å². The third-order valence-electron chi connectivity index (χ3n) is 3.69. The molecule has 19 heavy (non-hydrogen) atoms. The van der Waals surface area contributed by atoms with Crippen LogP contribution in [0.1, 0.15) is 44.2 Å². The Morgan fingerprint density at radius 3 is 2.74 bits per heavy atom. The van der Waals surface area contributed by atoms with E-state index in [2.05, 4.69) is 5.32 Å². The second-order valence-corrected chi connectivity index (χ2v) is 5.20. The SMILES string of the molecule is CC(NCCOC1CCCC1)c1ccc(O)cc1O. The molecule has 1 aromatic carbocycles. The van der Waals surface area contributed by atoms with E-state index < -0.39 is 0 Å². The Balaban J connectivity index is 1.72. The van der Waals surface area contributed by atoms with E-state index in [1.807, 2.05) is 6.92 Å². The highest BCUT2D eigenvalue weighted by Crippen LogP contribution is 2.27. The molecule has 0 bridgehead atoms. The van der Waals surface area contributed by atoms with Crippen molar-refractivity contribution >= 4 is 0 Å². The summed E-state index contributed by atoms with van der Waals surface area (Å²) in [5.41, 5.74) is 0.790. The van der Waals surface area contributed by atoms with Gasteiger partial charge in [0.15, 0.2) is 0 Å². The van der Waals surface area contributed by atoms with E-state index in [1.165, 1.54) is 31.7 Å². The number of hydrogen-bond donors (Lipinski definition) is 3. The van der Waals surface area contributed by atoms with Crippen molar-refractivity contribution in [2.24, 2.45) is 0 Å². The minimum absolute atomic E-state index is 0.0350. The summed E-state index contributed by atoms with van der Waals surface area (Å²) in [6.07, 6.45) is 5.40. The number of benzene rings is 1. The largest absolute Gasteiger partial charge is 0.508 e. The van der Waals surface area contributed by atoms with E-state index in [4.69, 9.17) is 4.74 Å². The maximum Gasteiger partial charge on any atom is 0.124 e. The maximum absolute atomic E-state index is 9.76. The molecular weight excluding hydrogens is 242 g/mol. The van der Waals surface area contributed by atoms with Crippen molar-refractivity contribution in [3.8, 4) is 11.5 Å². The molecule has 1 fully saturated rings. The zero-order valence-electron chi connectivity index (χ0n) is 11.4. The highest BCUT2D eigenvalue weighted by atomic mass is 16.5. The van der Waals surface area contributed by atoms with Gasteiger partial charge in [-0.25, -0.2) is 0 Å². The fourth-order valence-corrected chi connectivity index (χ4v) is 2.56. The number of phenolic OH excluding ortho intramolecular Hbond substituents is 2. The van der Waals surface area contributed by atoms with Gasteiger partial charge in [0.05, 0.1) is 12.7 Å². The highest BCUT2D eigenvalue weighted by molar-refractivity contribution is 5.40. The molecule has 0 heterocycles. The lowest BCUT2D eigenvalue weighted by Gasteiger charge is -2.17. The number of aromatic hydroxyl groups is 2. The van der Waals surface area contributed by atoms with Gasteiger partial charge in [-0.05, 0) is 25.8 Å². The molecule has 0 aromatic heterocycles. The molecule has 1 saturated carbocycles. The Bertz CT molecular complexity index is 402. The first-order valence-electron chi connectivity index (χ1n) is 7.03. The first kappa shape index (κ1) is 14.2. The van der Waals surface area contributed by atoms with Gasteiger partial charge in [0.25, 0.3) is 0 Å². The second-order valence-electron chi connectivity index (χ2n) is 5.20. The lowest BCUT2D eigenvalue weighted by atomic mass is 10.1. The topological polar surface area (TPSA) is 61.7 Å². The number of rotatable bonds is 6. The smallest absolute Gasteiger partial charge is 0.124 e. The van der Waals surface area contributed by atoms with Gasteiger partial charge in [-0.1, -0.05) is 18.9 Å². The summed E-state index contributed by atoms with van der Waals surface area (Å²) < 4.78 is 5.77. The molecule has 2 rings (SSSR count). The third kappa shape index (κ3) is 4.11.